The van der Waals surface area contributed by atoms with Crippen molar-refractivity contribution in [3.8, 4) is 11.5 Å². The standard InChI is InChI=1S/C18H18N6O4/c1-22-15-14(17(26)23(2)18(22)27)24(10-19-15)9-12(25)8-13-20-16(28-21-13)11-6-4-3-5-7-11/h3-7,10,12,25H,8-9H2,1-2H3. The number of imidazole rings is 1. The van der Waals surface area contributed by atoms with E-state index in [9.17, 15) is 14.7 Å². The molecule has 10 heteroatoms. The highest BCUT2D eigenvalue weighted by molar-refractivity contribution is 5.69. The summed E-state index contributed by atoms with van der Waals surface area (Å²) >= 11 is 0. The van der Waals surface area contributed by atoms with Gasteiger partial charge < -0.3 is 14.2 Å². The van der Waals surface area contributed by atoms with Crippen LogP contribution in [0.4, 0.5) is 0 Å². The summed E-state index contributed by atoms with van der Waals surface area (Å²) in [6.45, 7) is 0.0964. The summed E-state index contributed by atoms with van der Waals surface area (Å²) < 4.78 is 9.07. The summed E-state index contributed by atoms with van der Waals surface area (Å²) in [5.41, 5.74) is 0.394. The zero-order chi connectivity index (χ0) is 19.8. The van der Waals surface area contributed by atoms with Crippen LogP contribution in [0.1, 0.15) is 5.82 Å². The van der Waals surface area contributed by atoms with E-state index < -0.39 is 17.4 Å². The van der Waals surface area contributed by atoms with Crippen LogP contribution in [-0.2, 0) is 27.1 Å². The molecule has 0 saturated heterocycles. The van der Waals surface area contributed by atoms with E-state index in [-0.39, 0.29) is 24.1 Å². The van der Waals surface area contributed by atoms with Crippen LogP contribution in [-0.4, -0.2) is 40.0 Å². The quantitative estimate of drug-likeness (QED) is 0.519. The number of fused-ring (bicyclic) bond motifs is 1. The van der Waals surface area contributed by atoms with Gasteiger partial charge in [0.2, 0.25) is 0 Å². The maximum atomic E-state index is 12.5. The van der Waals surface area contributed by atoms with Crippen LogP contribution in [0.3, 0.4) is 0 Å². The number of nitrogens with zero attached hydrogens (tertiary/aromatic N) is 6. The van der Waals surface area contributed by atoms with Crippen molar-refractivity contribution in [1.29, 1.82) is 0 Å². The van der Waals surface area contributed by atoms with Gasteiger partial charge in [0.05, 0.1) is 19.0 Å². The molecular formula is C18H18N6O4. The van der Waals surface area contributed by atoms with Crippen LogP contribution in [0.25, 0.3) is 22.6 Å². The van der Waals surface area contributed by atoms with Crippen molar-refractivity contribution < 1.29 is 9.63 Å². The fourth-order valence-corrected chi connectivity index (χ4v) is 3.07. The average Bonchev–Trinajstić information content (AvgIpc) is 3.33. The van der Waals surface area contributed by atoms with Gasteiger partial charge in [-0.15, -0.1) is 0 Å². The Bertz CT molecular complexity index is 1250. The summed E-state index contributed by atoms with van der Waals surface area (Å²) in [7, 11) is 2.95. The lowest BCUT2D eigenvalue weighted by Gasteiger charge is -2.10. The first-order valence-electron chi connectivity index (χ1n) is 8.62. The molecule has 1 N–H and O–H groups in total. The highest BCUT2D eigenvalue weighted by atomic mass is 16.5. The first-order valence-corrected chi connectivity index (χ1v) is 8.62. The molecule has 4 aromatic rings. The molecule has 0 amide bonds. The second kappa shape index (κ2) is 6.89. The van der Waals surface area contributed by atoms with Crippen molar-refractivity contribution in [2.24, 2.45) is 14.1 Å². The van der Waals surface area contributed by atoms with Crippen LogP contribution in [0, 0.1) is 0 Å². The normalized spacial score (nSPS) is 12.5. The average molecular weight is 382 g/mol. The van der Waals surface area contributed by atoms with Crippen molar-refractivity contribution in [3.05, 3.63) is 63.3 Å². The molecular weight excluding hydrogens is 364 g/mol. The van der Waals surface area contributed by atoms with E-state index in [1.807, 2.05) is 30.3 Å². The van der Waals surface area contributed by atoms with Crippen LogP contribution in [0.5, 0.6) is 0 Å². The molecule has 1 atom stereocenters. The first-order chi connectivity index (χ1) is 13.5. The number of hydrogen-bond donors (Lipinski definition) is 1. The zero-order valence-electron chi connectivity index (χ0n) is 15.3. The van der Waals surface area contributed by atoms with Gasteiger partial charge in [-0.3, -0.25) is 13.9 Å². The Balaban J connectivity index is 1.57. The summed E-state index contributed by atoms with van der Waals surface area (Å²) in [6, 6.07) is 9.33. The number of rotatable bonds is 5. The van der Waals surface area contributed by atoms with Crippen LogP contribution < -0.4 is 11.2 Å². The molecule has 1 aromatic carbocycles. The molecule has 4 rings (SSSR count). The van der Waals surface area contributed by atoms with E-state index >= 15 is 0 Å². The second-order valence-electron chi connectivity index (χ2n) is 6.51. The van der Waals surface area contributed by atoms with Crippen molar-refractivity contribution in [3.63, 3.8) is 0 Å². The van der Waals surface area contributed by atoms with Gasteiger partial charge in [0.15, 0.2) is 17.0 Å². The van der Waals surface area contributed by atoms with E-state index in [2.05, 4.69) is 15.1 Å². The summed E-state index contributed by atoms with van der Waals surface area (Å²) in [5, 5.41) is 14.3. The zero-order valence-corrected chi connectivity index (χ0v) is 15.3. The van der Waals surface area contributed by atoms with Crippen molar-refractivity contribution in [1.82, 2.24) is 28.8 Å². The van der Waals surface area contributed by atoms with E-state index in [1.54, 1.807) is 7.05 Å². The first kappa shape index (κ1) is 17.9. The molecule has 3 aromatic heterocycles. The SMILES string of the molecule is Cn1c(=O)c2c(ncn2CC(O)Cc2noc(-c3ccccc3)n2)n(C)c1=O. The Morgan fingerprint density at radius 1 is 1.14 bits per heavy atom. The van der Waals surface area contributed by atoms with E-state index in [1.165, 1.54) is 22.5 Å². The third-order valence-corrected chi connectivity index (χ3v) is 4.53. The highest BCUT2D eigenvalue weighted by Gasteiger charge is 2.18. The van der Waals surface area contributed by atoms with Crippen molar-refractivity contribution in [2.75, 3.05) is 0 Å². The minimum Gasteiger partial charge on any atom is -0.391 e. The molecule has 0 bridgehead atoms. The molecule has 0 aliphatic carbocycles. The van der Waals surface area contributed by atoms with Crippen LogP contribution in [0.15, 0.2) is 50.8 Å². The van der Waals surface area contributed by atoms with Gasteiger partial charge in [0.25, 0.3) is 11.4 Å². The maximum Gasteiger partial charge on any atom is 0.332 e. The lowest BCUT2D eigenvalue weighted by Crippen LogP contribution is -2.37. The third-order valence-electron chi connectivity index (χ3n) is 4.53. The fraction of sp³-hybridized carbons (Fsp3) is 0.278. The predicted molar refractivity (Wildman–Crippen MR) is 99.7 cm³/mol. The van der Waals surface area contributed by atoms with Gasteiger partial charge in [0.1, 0.15) is 0 Å². The lowest BCUT2D eigenvalue weighted by molar-refractivity contribution is 0.152. The van der Waals surface area contributed by atoms with Gasteiger partial charge in [0, 0.05) is 26.1 Å². The van der Waals surface area contributed by atoms with E-state index in [0.29, 0.717) is 11.7 Å². The molecule has 0 saturated carbocycles. The Morgan fingerprint density at radius 2 is 1.89 bits per heavy atom. The number of benzene rings is 1. The van der Waals surface area contributed by atoms with Crippen LogP contribution in [0.2, 0.25) is 0 Å². The molecule has 0 radical (unpaired) electrons. The molecule has 0 spiro atoms. The maximum absolute atomic E-state index is 12.5. The smallest absolute Gasteiger partial charge is 0.332 e. The van der Waals surface area contributed by atoms with Gasteiger partial charge in [-0.1, -0.05) is 23.4 Å². The largest absolute Gasteiger partial charge is 0.391 e. The topological polar surface area (TPSA) is 121 Å². The summed E-state index contributed by atoms with van der Waals surface area (Å²) in [4.78, 5) is 32.9. The van der Waals surface area contributed by atoms with Gasteiger partial charge in [-0.2, -0.15) is 4.98 Å². The Hall–Kier alpha value is -3.53. The molecule has 144 valence electrons. The highest BCUT2D eigenvalue weighted by Crippen LogP contribution is 2.17. The van der Waals surface area contributed by atoms with Crippen LogP contribution >= 0.6 is 0 Å². The summed E-state index contributed by atoms with van der Waals surface area (Å²) in [6.07, 6.45) is 0.697. The minimum absolute atomic E-state index is 0.0964. The van der Waals surface area contributed by atoms with Gasteiger partial charge >= 0.3 is 5.69 Å². The Morgan fingerprint density at radius 3 is 2.64 bits per heavy atom. The Kier molecular flexibility index (Phi) is 4.40. The molecule has 1 unspecified atom stereocenters. The Labute approximate surface area is 158 Å². The number of aliphatic hydroxyl groups is 1. The molecule has 0 aliphatic heterocycles. The monoisotopic (exact) mass is 382 g/mol. The molecule has 28 heavy (non-hydrogen) atoms. The molecule has 0 aliphatic rings. The molecule has 10 nitrogen and oxygen atoms in total. The third kappa shape index (κ3) is 3.03. The second-order valence-corrected chi connectivity index (χ2v) is 6.51. The number of aliphatic hydroxyl groups excluding tert-OH is 1. The van der Waals surface area contributed by atoms with E-state index in [0.717, 1.165) is 10.1 Å². The van der Waals surface area contributed by atoms with Gasteiger partial charge in [-0.25, -0.2) is 9.78 Å². The summed E-state index contributed by atoms with van der Waals surface area (Å²) in [5.74, 6) is 0.732. The predicted octanol–water partition coefficient (Wildman–Crippen LogP) is 0.0873. The van der Waals surface area contributed by atoms with E-state index in [4.69, 9.17) is 4.52 Å². The number of hydrogen-bond acceptors (Lipinski definition) is 7. The molecule has 0 fully saturated rings. The van der Waals surface area contributed by atoms with Gasteiger partial charge in [-0.05, 0) is 12.1 Å². The van der Waals surface area contributed by atoms with Crippen molar-refractivity contribution in [2.45, 2.75) is 19.1 Å². The van der Waals surface area contributed by atoms with Crippen molar-refractivity contribution >= 4 is 11.2 Å². The fourth-order valence-electron chi connectivity index (χ4n) is 3.07. The minimum atomic E-state index is -0.874. The number of aromatic nitrogens is 6. The number of aryl methyl sites for hydroxylation is 1. The molecule has 3 heterocycles. The lowest BCUT2D eigenvalue weighted by atomic mass is 10.2.